The molecule has 0 aliphatic carbocycles. The van der Waals surface area contributed by atoms with Gasteiger partial charge in [0.2, 0.25) is 21.8 Å². The van der Waals surface area contributed by atoms with Crippen LogP contribution in [0.2, 0.25) is 10.0 Å². The summed E-state index contributed by atoms with van der Waals surface area (Å²) in [5.41, 5.74) is 2.58. The quantitative estimate of drug-likeness (QED) is 0.250. The van der Waals surface area contributed by atoms with Crippen LogP contribution in [0.25, 0.3) is 0 Å². The number of aryl methyl sites for hydroxylation is 1. The standard InChI is InChI=1S/C32H39Cl2N3O4S/c1-23-11-9-14-26(19-23)37(42(5,40)41)18-10-15-30(38)36(22-25-16-17-27(33)28(34)20-25)29(31(39)35-32(2,3)4)21-24-12-7-6-8-13-24/h6-9,11-14,16-17,19-20,29H,10,15,18,21-22H2,1-5H3,(H,35,39)/t29-/m0/s1. The zero-order valence-corrected chi connectivity index (χ0v) is 27.1. The molecule has 2 amide bonds. The molecule has 1 N–H and O–H groups in total. The molecule has 1 atom stereocenters. The topological polar surface area (TPSA) is 86.8 Å². The monoisotopic (exact) mass is 631 g/mol. The van der Waals surface area contributed by atoms with E-state index >= 15 is 0 Å². The lowest BCUT2D eigenvalue weighted by Gasteiger charge is -2.34. The normalized spacial score (nSPS) is 12.5. The molecule has 226 valence electrons. The maximum absolute atomic E-state index is 13.9. The lowest BCUT2D eigenvalue weighted by atomic mass is 10.00. The zero-order chi connectivity index (χ0) is 31.1. The van der Waals surface area contributed by atoms with Crippen LogP contribution < -0.4 is 9.62 Å². The average Bonchev–Trinajstić information content (AvgIpc) is 2.89. The van der Waals surface area contributed by atoms with Gasteiger partial charge < -0.3 is 10.2 Å². The lowest BCUT2D eigenvalue weighted by molar-refractivity contribution is -0.142. The number of nitrogens with zero attached hydrogens (tertiary/aromatic N) is 2. The number of carbonyl (C=O) groups is 2. The lowest BCUT2D eigenvalue weighted by Crippen LogP contribution is -2.54. The Kier molecular flexibility index (Phi) is 11.5. The second-order valence-corrected chi connectivity index (χ2v) is 14.2. The highest BCUT2D eigenvalue weighted by molar-refractivity contribution is 7.92. The number of hydrogen-bond acceptors (Lipinski definition) is 4. The number of anilines is 1. The Balaban J connectivity index is 1.93. The highest BCUT2D eigenvalue weighted by Crippen LogP contribution is 2.25. The molecule has 0 radical (unpaired) electrons. The average molecular weight is 633 g/mol. The van der Waals surface area contributed by atoms with E-state index in [1.165, 1.54) is 4.31 Å². The maximum atomic E-state index is 13.9. The SMILES string of the molecule is Cc1cccc(N(CCCC(=O)N(Cc2ccc(Cl)c(Cl)c2)[C@@H](Cc2ccccc2)C(=O)NC(C)(C)C)S(C)(=O)=O)c1. The summed E-state index contributed by atoms with van der Waals surface area (Å²) in [7, 11) is -3.58. The van der Waals surface area contributed by atoms with Gasteiger partial charge in [0.15, 0.2) is 0 Å². The number of carbonyl (C=O) groups excluding carboxylic acids is 2. The molecule has 10 heteroatoms. The van der Waals surface area contributed by atoms with Gasteiger partial charge in [-0.05, 0) is 75.1 Å². The fraction of sp³-hybridized carbons (Fsp3) is 0.375. The van der Waals surface area contributed by atoms with E-state index in [-0.39, 0.29) is 37.7 Å². The van der Waals surface area contributed by atoms with Crippen molar-refractivity contribution in [3.05, 3.63) is 99.5 Å². The number of sulfonamides is 1. The molecule has 0 bridgehead atoms. The molecule has 7 nitrogen and oxygen atoms in total. The number of nitrogens with one attached hydrogen (secondary N) is 1. The zero-order valence-electron chi connectivity index (χ0n) is 24.7. The van der Waals surface area contributed by atoms with Gasteiger partial charge in [-0.2, -0.15) is 0 Å². The van der Waals surface area contributed by atoms with Crippen molar-refractivity contribution in [1.82, 2.24) is 10.2 Å². The van der Waals surface area contributed by atoms with Crippen molar-refractivity contribution < 1.29 is 18.0 Å². The summed E-state index contributed by atoms with van der Waals surface area (Å²) in [6, 6.07) is 21.1. The first-order chi connectivity index (χ1) is 19.6. The largest absolute Gasteiger partial charge is 0.350 e. The van der Waals surface area contributed by atoms with E-state index in [0.717, 1.165) is 22.9 Å². The molecule has 0 unspecified atom stereocenters. The van der Waals surface area contributed by atoms with Crippen molar-refractivity contribution in [2.75, 3.05) is 17.1 Å². The van der Waals surface area contributed by atoms with Gasteiger partial charge in [0.1, 0.15) is 6.04 Å². The predicted octanol–water partition coefficient (Wildman–Crippen LogP) is 6.40. The molecular formula is C32H39Cl2N3O4S. The molecule has 0 spiro atoms. The van der Waals surface area contributed by atoms with E-state index in [1.807, 2.05) is 64.1 Å². The summed E-state index contributed by atoms with van der Waals surface area (Å²) < 4.78 is 26.6. The summed E-state index contributed by atoms with van der Waals surface area (Å²) in [5, 5.41) is 3.77. The predicted molar refractivity (Wildman–Crippen MR) is 171 cm³/mol. The number of amides is 2. The molecule has 0 heterocycles. The Morgan fingerprint density at radius 2 is 1.60 bits per heavy atom. The smallest absolute Gasteiger partial charge is 0.243 e. The van der Waals surface area contributed by atoms with Gasteiger partial charge in [-0.3, -0.25) is 13.9 Å². The van der Waals surface area contributed by atoms with E-state index < -0.39 is 21.6 Å². The van der Waals surface area contributed by atoms with E-state index in [0.29, 0.717) is 22.2 Å². The Labute approximate surface area is 259 Å². The van der Waals surface area contributed by atoms with Crippen LogP contribution in [0.1, 0.15) is 50.3 Å². The number of rotatable bonds is 12. The van der Waals surface area contributed by atoms with E-state index in [1.54, 1.807) is 41.3 Å². The van der Waals surface area contributed by atoms with Crippen LogP contribution in [0, 0.1) is 6.92 Å². The maximum Gasteiger partial charge on any atom is 0.243 e. The Morgan fingerprint density at radius 1 is 0.905 bits per heavy atom. The van der Waals surface area contributed by atoms with Crippen molar-refractivity contribution in [2.45, 2.75) is 65.1 Å². The molecule has 0 aliphatic rings. The molecule has 0 aromatic heterocycles. The van der Waals surface area contributed by atoms with Gasteiger partial charge >= 0.3 is 0 Å². The Bertz CT molecular complexity index is 1490. The second kappa shape index (κ2) is 14.4. The summed E-state index contributed by atoms with van der Waals surface area (Å²) >= 11 is 12.4. The fourth-order valence-corrected chi connectivity index (χ4v) is 5.91. The van der Waals surface area contributed by atoms with Crippen LogP contribution in [0.4, 0.5) is 5.69 Å². The van der Waals surface area contributed by atoms with E-state index in [4.69, 9.17) is 23.2 Å². The van der Waals surface area contributed by atoms with Crippen LogP contribution in [0.15, 0.2) is 72.8 Å². The van der Waals surface area contributed by atoms with Gasteiger partial charge in [-0.25, -0.2) is 8.42 Å². The molecule has 0 aliphatic heterocycles. The molecule has 3 aromatic rings. The van der Waals surface area contributed by atoms with Crippen LogP contribution in [0.3, 0.4) is 0 Å². The van der Waals surface area contributed by atoms with Gasteiger partial charge in [0.25, 0.3) is 0 Å². The van der Waals surface area contributed by atoms with Crippen LogP contribution in [-0.4, -0.2) is 49.5 Å². The summed E-state index contributed by atoms with van der Waals surface area (Å²) in [6.45, 7) is 7.80. The van der Waals surface area contributed by atoms with Crippen molar-refractivity contribution >= 4 is 50.7 Å². The van der Waals surface area contributed by atoms with Crippen LogP contribution in [-0.2, 0) is 32.6 Å². The van der Waals surface area contributed by atoms with Crippen molar-refractivity contribution in [3.63, 3.8) is 0 Å². The second-order valence-electron chi connectivity index (χ2n) is 11.5. The minimum absolute atomic E-state index is 0.0350. The molecule has 0 fully saturated rings. The first-order valence-electron chi connectivity index (χ1n) is 13.8. The van der Waals surface area contributed by atoms with Crippen molar-refractivity contribution in [3.8, 4) is 0 Å². The first kappa shape index (κ1) is 33.4. The highest BCUT2D eigenvalue weighted by Gasteiger charge is 2.32. The fourth-order valence-electron chi connectivity index (χ4n) is 4.63. The third-order valence-electron chi connectivity index (χ3n) is 6.55. The molecule has 0 saturated carbocycles. The molecule has 3 aromatic carbocycles. The van der Waals surface area contributed by atoms with Gasteiger partial charge in [-0.15, -0.1) is 0 Å². The minimum Gasteiger partial charge on any atom is -0.350 e. The Hall–Kier alpha value is -3.07. The third kappa shape index (κ3) is 10.0. The molecule has 0 saturated heterocycles. The van der Waals surface area contributed by atoms with Crippen LogP contribution >= 0.6 is 23.2 Å². The molecule has 3 rings (SSSR count). The minimum atomic E-state index is -3.58. The van der Waals surface area contributed by atoms with Gasteiger partial charge in [0.05, 0.1) is 22.0 Å². The first-order valence-corrected chi connectivity index (χ1v) is 16.4. The van der Waals surface area contributed by atoms with E-state index in [9.17, 15) is 18.0 Å². The Morgan fingerprint density at radius 3 is 2.19 bits per heavy atom. The molecular weight excluding hydrogens is 593 g/mol. The van der Waals surface area contributed by atoms with Gasteiger partial charge in [0, 0.05) is 31.5 Å². The number of benzene rings is 3. The third-order valence-corrected chi connectivity index (χ3v) is 8.48. The highest BCUT2D eigenvalue weighted by atomic mass is 35.5. The number of hydrogen-bond donors (Lipinski definition) is 1. The number of halogens is 2. The van der Waals surface area contributed by atoms with Crippen molar-refractivity contribution in [2.24, 2.45) is 0 Å². The van der Waals surface area contributed by atoms with Crippen molar-refractivity contribution in [1.29, 1.82) is 0 Å². The summed E-state index contributed by atoms with van der Waals surface area (Å²) in [6.07, 6.45) is 1.75. The van der Waals surface area contributed by atoms with E-state index in [2.05, 4.69) is 5.32 Å². The van der Waals surface area contributed by atoms with Gasteiger partial charge in [-0.1, -0.05) is 71.7 Å². The van der Waals surface area contributed by atoms with Crippen LogP contribution in [0.5, 0.6) is 0 Å². The molecule has 42 heavy (non-hydrogen) atoms. The summed E-state index contributed by atoms with van der Waals surface area (Å²) in [5.74, 6) is -0.555. The summed E-state index contributed by atoms with van der Waals surface area (Å²) in [4.78, 5) is 29.2.